The lowest BCUT2D eigenvalue weighted by Crippen LogP contribution is -2.72. The quantitative estimate of drug-likeness (QED) is 0.431. The second-order valence-corrected chi connectivity index (χ2v) is 11.4. The Labute approximate surface area is 144 Å². The van der Waals surface area contributed by atoms with E-state index in [0.29, 0.717) is 0 Å². The zero-order chi connectivity index (χ0) is 15.3. The van der Waals surface area contributed by atoms with Crippen molar-refractivity contribution in [2.24, 2.45) is 0 Å². The molecule has 0 radical (unpaired) electrons. The molecule has 0 nitrogen and oxygen atoms in total. The highest BCUT2D eigenvalue weighted by atomic mass is 32.1. The SMILES string of the molecule is c1ccc([Si]2(c3ccccc3)c3ccsc3-c3sccc32)cc1. The van der Waals surface area contributed by atoms with Gasteiger partial charge in [-0.2, -0.15) is 0 Å². The van der Waals surface area contributed by atoms with Crippen LogP contribution in [0.15, 0.2) is 83.6 Å². The number of hydrogen-bond donors (Lipinski definition) is 0. The van der Waals surface area contributed by atoms with Crippen molar-refractivity contribution in [2.75, 3.05) is 0 Å². The zero-order valence-corrected chi connectivity index (χ0v) is 15.0. The molecule has 3 heteroatoms. The van der Waals surface area contributed by atoms with E-state index in [2.05, 4.69) is 83.6 Å². The van der Waals surface area contributed by atoms with Crippen LogP contribution in [-0.2, 0) is 0 Å². The van der Waals surface area contributed by atoms with Crippen molar-refractivity contribution >= 4 is 51.5 Å². The van der Waals surface area contributed by atoms with Crippen LogP contribution in [-0.4, -0.2) is 8.07 Å². The largest absolute Gasteiger partial charge is 0.182 e. The normalized spacial score (nSPS) is 14.4. The molecule has 1 aliphatic heterocycles. The smallest absolute Gasteiger partial charge is 0.143 e. The second-order valence-electron chi connectivity index (χ2n) is 5.81. The molecule has 0 fully saturated rings. The Morgan fingerprint density at radius 3 is 1.39 bits per heavy atom. The third kappa shape index (κ3) is 1.70. The van der Waals surface area contributed by atoms with Crippen molar-refractivity contribution in [1.29, 1.82) is 0 Å². The number of hydrogen-bond acceptors (Lipinski definition) is 2. The van der Waals surface area contributed by atoms with E-state index < -0.39 is 8.07 Å². The van der Waals surface area contributed by atoms with Gasteiger partial charge in [0, 0.05) is 9.75 Å². The molecular weight excluding hydrogens is 332 g/mol. The van der Waals surface area contributed by atoms with Crippen LogP contribution >= 0.6 is 22.7 Å². The van der Waals surface area contributed by atoms with Crippen molar-refractivity contribution in [3.63, 3.8) is 0 Å². The Kier molecular flexibility index (Phi) is 2.95. The standard InChI is InChI=1S/C20H14S2Si/c1-3-7-15(8-4-1)23(16-9-5-2-6-10-16)17-11-13-21-19(17)20-18(23)12-14-22-20/h1-14H. The molecular formula is C20H14S2Si. The molecule has 0 unspecified atom stereocenters. The number of thiophene rings is 2. The maximum atomic E-state index is 2.37. The summed E-state index contributed by atoms with van der Waals surface area (Å²) in [5.41, 5.74) is 0. The lowest BCUT2D eigenvalue weighted by molar-refractivity contribution is 1.71. The van der Waals surface area contributed by atoms with Crippen LogP contribution in [0.25, 0.3) is 9.75 Å². The fourth-order valence-corrected chi connectivity index (χ4v) is 12.2. The lowest BCUT2D eigenvalue weighted by atomic mass is 10.4. The molecule has 0 spiro atoms. The van der Waals surface area contributed by atoms with Crippen molar-refractivity contribution in [2.45, 2.75) is 0 Å². The molecule has 2 aromatic heterocycles. The molecule has 110 valence electrons. The first-order chi connectivity index (χ1) is 11.4. The van der Waals surface area contributed by atoms with Gasteiger partial charge in [-0.3, -0.25) is 0 Å². The Bertz CT molecular complexity index is 885. The molecule has 0 atom stereocenters. The summed E-state index contributed by atoms with van der Waals surface area (Å²) in [5.74, 6) is 0. The molecule has 0 N–H and O–H groups in total. The van der Waals surface area contributed by atoms with E-state index in [1.165, 1.54) is 20.1 Å². The minimum Gasteiger partial charge on any atom is -0.143 e. The monoisotopic (exact) mass is 346 g/mol. The minimum absolute atomic E-state index is 1.49. The number of benzene rings is 2. The highest BCUT2D eigenvalue weighted by Crippen LogP contribution is 2.35. The summed E-state index contributed by atoms with van der Waals surface area (Å²) in [6.45, 7) is 0. The highest BCUT2D eigenvalue weighted by Gasteiger charge is 2.49. The fraction of sp³-hybridized carbons (Fsp3) is 0. The summed E-state index contributed by atoms with van der Waals surface area (Å²) in [5, 5.41) is 10.6. The molecule has 0 amide bonds. The maximum absolute atomic E-state index is 2.37. The average molecular weight is 347 g/mol. The van der Waals surface area contributed by atoms with Crippen LogP contribution < -0.4 is 20.7 Å². The minimum atomic E-state index is -2.10. The Morgan fingerprint density at radius 2 is 0.957 bits per heavy atom. The molecule has 3 heterocycles. The molecule has 0 saturated carbocycles. The van der Waals surface area contributed by atoms with E-state index in [-0.39, 0.29) is 0 Å². The van der Waals surface area contributed by atoms with Gasteiger partial charge in [-0.1, -0.05) is 72.8 Å². The van der Waals surface area contributed by atoms with E-state index in [0.717, 1.165) is 0 Å². The maximum Gasteiger partial charge on any atom is 0.182 e. The second kappa shape index (κ2) is 5.03. The Hall–Kier alpha value is -1.94. The molecule has 5 rings (SSSR count). The van der Waals surface area contributed by atoms with Gasteiger partial charge in [0.05, 0.1) is 0 Å². The molecule has 0 aliphatic carbocycles. The van der Waals surface area contributed by atoms with Crippen LogP contribution in [0.2, 0.25) is 0 Å². The fourth-order valence-electron chi connectivity index (χ4n) is 3.87. The topological polar surface area (TPSA) is 0 Å². The van der Waals surface area contributed by atoms with Gasteiger partial charge in [0.25, 0.3) is 0 Å². The lowest BCUT2D eigenvalue weighted by Gasteiger charge is -2.29. The third-order valence-corrected chi connectivity index (χ3v) is 12.0. The summed E-state index contributed by atoms with van der Waals surface area (Å²) < 4.78 is 0. The van der Waals surface area contributed by atoms with Crippen LogP contribution in [0.4, 0.5) is 0 Å². The van der Waals surface area contributed by atoms with E-state index in [4.69, 9.17) is 0 Å². The van der Waals surface area contributed by atoms with Crippen molar-refractivity contribution in [3.8, 4) is 9.75 Å². The van der Waals surface area contributed by atoms with Gasteiger partial charge in [0.15, 0.2) is 8.07 Å². The average Bonchev–Trinajstić information content (AvgIpc) is 3.30. The van der Waals surface area contributed by atoms with Gasteiger partial charge < -0.3 is 0 Å². The van der Waals surface area contributed by atoms with Crippen molar-refractivity contribution in [3.05, 3.63) is 83.6 Å². The van der Waals surface area contributed by atoms with Crippen LogP contribution in [0.1, 0.15) is 0 Å². The van der Waals surface area contributed by atoms with Gasteiger partial charge in [0.1, 0.15) is 0 Å². The summed E-state index contributed by atoms with van der Waals surface area (Å²) in [4.78, 5) is 2.99. The van der Waals surface area contributed by atoms with Crippen LogP contribution in [0.5, 0.6) is 0 Å². The first-order valence-corrected chi connectivity index (χ1v) is 11.5. The molecule has 1 aliphatic rings. The van der Waals surface area contributed by atoms with Gasteiger partial charge >= 0.3 is 0 Å². The van der Waals surface area contributed by atoms with E-state index in [1.807, 2.05) is 22.7 Å². The van der Waals surface area contributed by atoms with Gasteiger partial charge in [-0.05, 0) is 31.5 Å². The number of fused-ring (bicyclic) bond motifs is 3. The first kappa shape index (κ1) is 13.5. The van der Waals surface area contributed by atoms with Crippen LogP contribution in [0.3, 0.4) is 0 Å². The van der Waals surface area contributed by atoms with E-state index >= 15 is 0 Å². The van der Waals surface area contributed by atoms with Gasteiger partial charge in [-0.15, -0.1) is 22.7 Å². The summed E-state index contributed by atoms with van der Waals surface area (Å²) in [7, 11) is -2.10. The number of rotatable bonds is 2. The third-order valence-electron chi connectivity index (χ3n) is 4.76. The zero-order valence-electron chi connectivity index (χ0n) is 12.4. The molecule has 4 aromatic rings. The molecule has 23 heavy (non-hydrogen) atoms. The Morgan fingerprint density at radius 1 is 0.522 bits per heavy atom. The predicted octanol–water partition coefficient (Wildman–Crippen LogP) is 3.17. The van der Waals surface area contributed by atoms with Gasteiger partial charge in [-0.25, -0.2) is 0 Å². The molecule has 0 saturated heterocycles. The van der Waals surface area contributed by atoms with E-state index in [1.54, 1.807) is 10.4 Å². The molecule has 2 aromatic carbocycles. The molecule has 0 bridgehead atoms. The van der Waals surface area contributed by atoms with Crippen molar-refractivity contribution in [1.82, 2.24) is 0 Å². The van der Waals surface area contributed by atoms with Crippen molar-refractivity contribution < 1.29 is 0 Å². The summed E-state index contributed by atoms with van der Waals surface area (Å²) >= 11 is 3.79. The first-order valence-electron chi connectivity index (χ1n) is 7.70. The predicted molar refractivity (Wildman–Crippen MR) is 105 cm³/mol. The van der Waals surface area contributed by atoms with E-state index in [9.17, 15) is 0 Å². The Balaban J connectivity index is 1.96. The van der Waals surface area contributed by atoms with Crippen LogP contribution in [0, 0.1) is 0 Å². The van der Waals surface area contributed by atoms with Gasteiger partial charge in [0.2, 0.25) is 0 Å². The summed E-state index contributed by atoms with van der Waals surface area (Å²) in [6, 6.07) is 27.0. The highest BCUT2D eigenvalue weighted by molar-refractivity contribution is 7.33. The summed E-state index contributed by atoms with van der Waals surface area (Å²) in [6.07, 6.45) is 0.